The number of hydrogen-bond donors (Lipinski definition) is 0. The lowest BCUT2D eigenvalue weighted by Crippen LogP contribution is -2.49. The lowest BCUT2D eigenvalue weighted by atomic mass is 9.48. The summed E-state index contributed by atoms with van der Waals surface area (Å²) in [7, 11) is 0. The summed E-state index contributed by atoms with van der Waals surface area (Å²) in [4.78, 5) is 14.0. The van der Waals surface area contributed by atoms with Crippen molar-refractivity contribution in [1.29, 1.82) is 0 Å². The van der Waals surface area contributed by atoms with Crippen molar-refractivity contribution in [3.63, 3.8) is 0 Å². The van der Waals surface area contributed by atoms with E-state index in [4.69, 9.17) is 0 Å². The van der Waals surface area contributed by atoms with Gasteiger partial charge >= 0.3 is 0 Å². The fraction of sp³-hybridized carbons (Fsp3) is 0.667. The van der Waals surface area contributed by atoms with Crippen LogP contribution in [0.25, 0.3) is 0 Å². The van der Waals surface area contributed by atoms with E-state index in [0.717, 1.165) is 50.8 Å². The number of hydrogen-bond acceptors (Lipinski definition) is 2. The summed E-state index contributed by atoms with van der Waals surface area (Å²) >= 11 is 8.67. The molecule has 1 aromatic rings. The molecule has 0 atom stereocenters. The van der Waals surface area contributed by atoms with Gasteiger partial charge in [-0.05, 0) is 88.1 Å². The first-order valence-corrected chi connectivity index (χ1v) is 9.51. The normalized spacial score (nSPS) is 39.8. The van der Waals surface area contributed by atoms with Crippen molar-refractivity contribution in [2.24, 2.45) is 23.2 Å². The Morgan fingerprint density at radius 2 is 1.63 bits per heavy atom. The van der Waals surface area contributed by atoms with E-state index >= 15 is 0 Å². The van der Waals surface area contributed by atoms with Crippen LogP contribution in [0.15, 0.2) is 14.3 Å². The van der Waals surface area contributed by atoms with Gasteiger partial charge in [-0.3, -0.25) is 4.79 Å². The number of carbonyl (C=O) groups is 1. The maximum atomic E-state index is 13.1. The lowest BCUT2D eigenvalue weighted by Gasteiger charge is -2.55. The molecular weight excluding hydrogens is 388 g/mol. The number of Topliss-reactive ketones (excluding diaryl/α,β-unsaturated/α-hetero) is 1. The largest absolute Gasteiger partial charge is 0.293 e. The smallest absolute Gasteiger partial charge is 0.180 e. The summed E-state index contributed by atoms with van der Waals surface area (Å²) in [5.41, 5.74) is -0.0123. The van der Waals surface area contributed by atoms with E-state index in [1.807, 2.05) is 5.38 Å². The van der Waals surface area contributed by atoms with Crippen molar-refractivity contribution >= 4 is 49.0 Å². The molecule has 4 fully saturated rings. The van der Waals surface area contributed by atoms with Crippen molar-refractivity contribution in [2.45, 2.75) is 38.5 Å². The number of ketones is 1. The molecule has 0 spiro atoms. The molecule has 4 heteroatoms. The summed E-state index contributed by atoms with van der Waals surface area (Å²) in [6.45, 7) is 0. The van der Waals surface area contributed by atoms with E-state index in [1.165, 1.54) is 19.3 Å². The highest BCUT2D eigenvalue weighted by Gasteiger charge is 2.55. The molecule has 1 heterocycles. The fourth-order valence-corrected chi connectivity index (χ4v) is 7.32. The van der Waals surface area contributed by atoms with E-state index in [1.54, 1.807) is 11.3 Å². The summed E-state index contributed by atoms with van der Waals surface area (Å²) in [5.74, 6) is 2.92. The number of carbonyl (C=O) groups excluding carboxylic acids is 1. The molecule has 5 rings (SSSR count). The van der Waals surface area contributed by atoms with Gasteiger partial charge in [0.25, 0.3) is 0 Å². The van der Waals surface area contributed by atoms with Gasteiger partial charge in [-0.1, -0.05) is 0 Å². The zero-order valence-electron chi connectivity index (χ0n) is 10.6. The van der Waals surface area contributed by atoms with Crippen molar-refractivity contribution in [3.05, 3.63) is 19.2 Å². The molecule has 0 N–H and O–H groups in total. The molecule has 4 aliphatic carbocycles. The second-order valence-corrected chi connectivity index (χ2v) is 9.28. The second kappa shape index (κ2) is 4.41. The summed E-state index contributed by atoms with van der Waals surface area (Å²) < 4.78 is 1.99. The third-order valence-electron chi connectivity index (χ3n) is 5.42. The van der Waals surface area contributed by atoms with Gasteiger partial charge in [-0.2, -0.15) is 0 Å². The van der Waals surface area contributed by atoms with Crippen LogP contribution < -0.4 is 0 Å². The Morgan fingerprint density at radius 1 is 1.11 bits per heavy atom. The highest BCUT2D eigenvalue weighted by atomic mass is 79.9. The van der Waals surface area contributed by atoms with Crippen LogP contribution in [0.3, 0.4) is 0 Å². The van der Waals surface area contributed by atoms with Gasteiger partial charge in [0.15, 0.2) is 5.78 Å². The van der Waals surface area contributed by atoms with Crippen LogP contribution in [0.5, 0.6) is 0 Å². The van der Waals surface area contributed by atoms with Gasteiger partial charge < -0.3 is 0 Å². The Morgan fingerprint density at radius 3 is 2.05 bits per heavy atom. The number of rotatable bonds is 2. The van der Waals surface area contributed by atoms with Gasteiger partial charge in [0, 0.05) is 15.3 Å². The van der Waals surface area contributed by atoms with Crippen LogP contribution in [0.4, 0.5) is 0 Å². The second-order valence-electron chi connectivity index (χ2n) is 6.75. The Hall–Kier alpha value is 0.330. The van der Waals surface area contributed by atoms with Crippen molar-refractivity contribution in [2.75, 3.05) is 0 Å². The average Bonchev–Trinajstić information content (AvgIpc) is 2.67. The molecule has 0 aromatic carbocycles. The fourth-order valence-electron chi connectivity index (χ4n) is 5.11. The summed E-state index contributed by atoms with van der Waals surface area (Å²) in [6, 6.07) is 0. The molecule has 4 saturated carbocycles. The van der Waals surface area contributed by atoms with E-state index in [9.17, 15) is 4.79 Å². The first-order valence-electron chi connectivity index (χ1n) is 7.05. The SMILES string of the molecule is O=C(c1scc(Br)c1Br)C12CC3CC(CC(C3)C1)C2. The van der Waals surface area contributed by atoms with Gasteiger partial charge in [0.2, 0.25) is 0 Å². The maximum Gasteiger partial charge on any atom is 0.180 e. The minimum absolute atomic E-state index is 0.0123. The molecular formula is C15H16Br2OS. The molecule has 0 radical (unpaired) electrons. The minimum Gasteiger partial charge on any atom is -0.293 e. The molecule has 4 aliphatic rings. The van der Waals surface area contributed by atoms with Crippen molar-refractivity contribution in [3.8, 4) is 0 Å². The van der Waals surface area contributed by atoms with E-state index < -0.39 is 0 Å². The molecule has 0 unspecified atom stereocenters. The molecule has 0 saturated heterocycles. The Kier molecular flexibility index (Phi) is 3.02. The third kappa shape index (κ3) is 1.93. The van der Waals surface area contributed by atoms with Gasteiger partial charge in [-0.15, -0.1) is 11.3 Å². The molecule has 1 aromatic heterocycles. The average molecular weight is 404 g/mol. The van der Waals surface area contributed by atoms with Crippen LogP contribution in [0, 0.1) is 23.2 Å². The molecule has 19 heavy (non-hydrogen) atoms. The van der Waals surface area contributed by atoms with Crippen LogP contribution in [0.1, 0.15) is 48.2 Å². The monoisotopic (exact) mass is 402 g/mol. The Bertz CT molecular complexity index is 513. The van der Waals surface area contributed by atoms with Crippen LogP contribution >= 0.6 is 43.2 Å². The van der Waals surface area contributed by atoms with Gasteiger partial charge in [0.05, 0.1) is 9.35 Å². The molecule has 0 aliphatic heterocycles. The molecule has 1 nitrogen and oxygen atoms in total. The quantitative estimate of drug-likeness (QED) is 0.581. The molecule has 0 amide bonds. The Balaban J connectivity index is 1.72. The highest BCUT2D eigenvalue weighted by molar-refractivity contribution is 9.13. The standard InChI is InChI=1S/C15H16Br2OS/c16-11-7-19-13(12(11)17)14(18)15-4-8-1-9(5-15)3-10(2-8)6-15/h7-10H,1-6H2. The summed E-state index contributed by atoms with van der Waals surface area (Å²) in [5, 5.41) is 2.03. The lowest BCUT2D eigenvalue weighted by molar-refractivity contribution is -0.0351. The number of thiophene rings is 1. The topological polar surface area (TPSA) is 17.1 Å². The first kappa shape index (κ1) is 13.0. The summed E-state index contributed by atoms with van der Waals surface area (Å²) in [6.07, 6.45) is 7.63. The number of halogens is 2. The maximum absolute atomic E-state index is 13.1. The van der Waals surface area contributed by atoms with Gasteiger partial charge in [-0.25, -0.2) is 0 Å². The first-order chi connectivity index (χ1) is 9.07. The van der Waals surface area contributed by atoms with Crippen LogP contribution in [-0.4, -0.2) is 5.78 Å². The predicted octanol–water partition coefficient (Wildman–Crippen LogP) is 5.67. The van der Waals surface area contributed by atoms with Gasteiger partial charge in [0.1, 0.15) is 0 Å². The zero-order chi connectivity index (χ0) is 13.2. The third-order valence-corrected chi connectivity index (χ3v) is 8.94. The molecule has 102 valence electrons. The van der Waals surface area contributed by atoms with Crippen molar-refractivity contribution < 1.29 is 4.79 Å². The van der Waals surface area contributed by atoms with Crippen LogP contribution in [0.2, 0.25) is 0 Å². The van der Waals surface area contributed by atoms with E-state index in [0.29, 0.717) is 5.78 Å². The van der Waals surface area contributed by atoms with Crippen molar-refractivity contribution in [1.82, 2.24) is 0 Å². The van der Waals surface area contributed by atoms with Crippen LogP contribution in [-0.2, 0) is 0 Å². The molecule has 4 bridgehead atoms. The highest BCUT2D eigenvalue weighted by Crippen LogP contribution is 2.61. The predicted molar refractivity (Wildman–Crippen MR) is 84.7 cm³/mol. The Labute approximate surface area is 134 Å². The van der Waals surface area contributed by atoms with E-state index in [2.05, 4.69) is 31.9 Å². The zero-order valence-corrected chi connectivity index (χ0v) is 14.6. The van der Waals surface area contributed by atoms with E-state index in [-0.39, 0.29) is 5.41 Å². The minimum atomic E-state index is -0.0123.